The van der Waals surface area contributed by atoms with E-state index in [1.165, 1.54) is 6.42 Å². The third-order valence-corrected chi connectivity index (χ3v) is 3.71. The van der Waals surface area contributed by atoms with E-state index in [9.17, 15) is 4.79 Å². The topological polar surface area (TPSA) is 38.1 Å². The first-order valence-electron chi connectivity index (χ1n) is 7.31. The van der Waals surface area contributed by atoms with Gasteiger partial charge in [-0.05, 0) is 46.5 Å². The van der Waals surface area contributed by atoms with E-state index in [0.29, 0.717) is 0 Å². The molecular formula is C15H25N3O. The first-order chi connectivity index (χ1) is 8.95. The highest BCUT2D eigenvalue weighted by atomic mass is 16.2. The molecule has 0 bridgehead atoms. The molecule has 4 heteroatoms. The molecule has 0 aliphatic carbocycles. The van der Waals surface area contributed by atoms with Crippen molar-refractivity contribution in [2.24, 2.45) is 0 Å². The second-order valence-electron chi connectivity index (χ2n) is 6.29. The lowest BCUT2D eigenvalue weighted by atomic mass is 10.1. The van der Waals surface area contributed by atoms with Crippen LogP contribution in [0.25, 0.3) is 0 Å². The van der Waals surface area contributed by atoms with Gasteiger partial charge in [-0.2, -0.15) is 5.10 Å². The van der Waals surface area contributed by atoms with Crippen LogP contribution in [0.1, 0.15) is 63.0 Å². The maximum Gasteiger partial charge on any atom is 0.257 e. The average Bonchev–Trinajstić information content (AvgIpc) is 2.82. The summed E-state index contributed by atoms with van der Waals surface area (Å²) in [6.45, 7) is 10.2. The molecule has 2 rings (SSSR count). The quantitative estimate of drug-likeness (QED) is 0.823. The Hall–Kier alpha value is -1.32. The van der Waals surface area contributed by atoms with Gasteiger partial charge in [-0.1, -0.05) is 6.92 Å². The van der Waals surface area contributed by atoms with Gasteiger partial charge in [0.05, 0.1) is 23.0 Å². The molecule has 0 radical (unpaired) electrons. The molecule has 1 aliphatic heterocycles. The van der Waals surface area contributed by atoms with Crippen LogP contribution in [0.5, 0.6) is 0 Å². The van der Waals surface area contributed by atoms with Crippen molar-refractivity contribution < 1.29 is 4.79 Å². The lowest BCUT2D eigenvalue weighted by molar-refractivity contribution is 0.0723. The molecule has 0 saturated carbocycles. The number of amides is 1. The van der Waals surface area contributed by atoms with Crippen LogP contribution >= 0.6 is 0 Å². The monoisotopic (exact) mass is 263 g/mol. The summed E-state index contributed by atoms with van der Waals surface area (Å²) in [5.74, 6) is 0.159. The summed E-state index contributed by atoms with van der Waals surface area (Å²) in [6.07, 6.45) is 6.08. The zero-order chi connectivity index (χ0) is 14.0. The molecule has 0 atom stereocenters. The van der Waals surface area contributed by atoms with E-state index in [4.69, 9.17) is 0 Å². The van der Waals surface area contributed by atoms with Gasteiger partial charge in [-0.25, -0.2) is 0 Å². The van der Waals surface area contributed by atoms with Crippen molar-refractivity contribution in [2.75, 3.05) is 13.1 Å². The third kappa shape index (κ3) is 2.82. The molecular weight excluding hydrogens is 238 g/mol. The van der Waals surface area contributed by atoms with E-state index in [0.717, 1.165) is 43.6 Å². The number of hydrogen-bond donors (Lipinski definition) is 0. The summed E-state index contributed by atoms with van der Waals surface area (Å²) in [5, 5.41) is 4.44. The van der Waals surface area contributed by atoms with Gasteiger partial charge >= 0.3 is 0 Å². The van der Waals surface area contributed by atoms with Crippen molar-refractivity contribution in [1.82, 2.24) is 14.7 Å². The molecule has 1 saturated heterocycles. The lowest BCUT2D eigenvalue weighted by Crippen LogP contribution is -2.36. The van der Waals surface area contributed by atoms with Gasteiger partial charge in [0.1, 0.15) is 0 Å². The minimum absolute atomic E-state index is 0.0776. The summed E-state index contributed by atoms with van der Waals surface area (Å²) >= 11 is 0. The minimum Gasteiger partial charge on any atom is -0.339 e. The highest BCUT2D eigenvalue weighted by molar-refractivity contribution is 5.95. The first-order valence-corrected chi connectivity index (χ1v) is 7.31. The van der Waals surface area contributed by atoms with Crippen LogP contribution in [-0.2, 0) is 12.0 Å². The molecule has 1 aromatic rings. The van der Waals surface area contributed by atoms with Crippen LogP contribution in [0.2, 0.25) is 0 Å². The van der Waals surface area contributed by atoms with Gasteiger partial charge in [0, 0.05) is 13.1 Å². The maximum atomic E-state index is 12.6. The Morgan fingerprint density at radius 2 is 1.89 bits per heavy atom. The van der Waals surface area contributed by atoms with Crippen LogP contribution in [-0.4, -0.2) is 33.7 Å². The molecule has 4 nitrogen and oxygen atoms in total. The number of likely N-dealkylation sites (tertiary alicyclic amines) is 1. The molecule has 106 valence electrons. The maximum absolute atomic E-state index is 12.6. The normalized spacial score (nSPS) is 16.7. The zero-order valence-corrected chi connectivity index (χ0v) is 12.6. The third-order valence-electron chi connectivity index (χ3n) is 3.71. The fourth-order valence-electron chi connectivity index (χ4n) is 2.74. The van der Waals surface area contributed by atoms with Crippen LogP contribution in [0, 0.1) is 0 Å². The molecule has 0 aromatic carbocycles. The molecule has 1 fully saturated rings. The predicted octanol–water partition coefficient (Wildman–Crippen LogP) is 2.83. The second-order valence-corrected chi connectivity index (χ2v) is 6.29. The van der Waals surface area contributed by atoms with Crippen molar-refractivity contribution >= 4 is 5.91 Å². The van der Waals surface area contributed by atoms with Crippen LogP contribution < -0.4 is 0 Å². The van der Waals surface area contributed by atoms with Gasteiger partial charge < -0.3 is 4.90 Å². The van der Waals surface area contributed by atoms with Crippen LogP contribution in [0.4, 0.5) is 0 Å². The number of rotatable bonds is 2. The molecule has 0 unspecified atom stereocenters. The van der Waals surface area contributed by atoms with Gasteiger partial charge in [0.2, 0.25) is 0 Å². The van der Waals surface area contributed by atoms with Crippen molar-refractivity contribution in [1.29, 1.82) is 0 Å². The van der Waals surface area contributed by atoms with Gasteiger partial charge in [0.25, 0.3) is 5.91 Å². The Kier molecular flexibility index (Phi) is 3.97. The average molecular weight is 263 g/mol. The number of aromatic nitrogens is 2. The number of piperidine rings is 1. The molecule has 0 spiro atoms. The summed E-state index contributed by atoms with van der Waals surface area (Å²) in [7, 11) is 0. The molecule has 0 N–H and O–H groups in total. The van der Waals surface area contributed by atoms with Crippen LogP contribution in [0.3, 0.4) is 0 Å². The Morgan fingerprint density at radius 3 is 2.42 bits per heavy atom. The molecule has 1 aromatic heterocycles. The van der Waals surface area contributed by atoms with E-state index in [2.05, 4.69) is 32.8 Å². The van der Waals surface area contributed by atoms with E-state index in [1.54, 1.807) is 6.20 Å². The van der Waals surface area contributed by atoms with Crippen molar-refractivity contribution in [3.63, 3.8) is 0 Å². The minimum atomic E-state index is -0.0776. The number of carbonyl (C=O) groups is 1. The highest BCUT2D eigenvalue weighted by Crippen LogP contribution is 2.22. The second kappa shape index (κ2) is 5.35. The summed E-state index contributed by atoms with van der Waals surface area (Å²) < 4.78 is 1.99. The van der Waals surface area contributed by atoms with E-state index >= 15 is 0 Å². The highest BCUT2D eigenvalue weighted by Gasteiger charge is 2.26. The fraction of sp³-hybridized carbons (Fsp3) is 0.733. The Balaban J connectivity index is 2.29. The Morgan fingerprint density at radius 1 is 1.26 bits per heavy atom. The van der Waals surface area contributed by atoms with Crippen molar-refractivity contribution in [2.45, 2.75) is 58.9 Å². The van der Waals surface area contributed by atoms with E-state index in [1.807, 2.05) is 9.58 Å². The zero-order valence-electron chi connectivity index (χ0n) is 12.6. The Labute approximate surface area is 115 Å². The number of hydrogen-bond acceptors (Lipinski definition) is 2. The number of carbonyl (C=O) groups excluding carboxylic acids is 1. The molecule has 19 heavy (non-hydrogen) atoms. The molecule has 1 aliphatic rings. The fourth-order valence-corrected chi connectivity index (χ4v) is 2.74. The standard InChI is InChI=1S/C15H25N3O/c1-5-13-12(11-16-18(13)15(2,3)4)14(19)17-9-7-6-8-10-17/h11H,5-10H2,1-4H3. The first kappa shape index (κ1) is 14.1. The van der Waals surface area contributed by atoms with Crippen LogP contribution in [0.15, 0.2) is 6.20 Å². The van der Waals surface area contributed by atoms with Gasteiger partial charge in [0.15, 0.2) is 0 Å². The van der Waals surface area contributed by atoms with E-state index in [-0.39, 0.29) is 11.4 Å². The smallest absolute Gasteiger partial charge is 0.257 e. The molecule has 1 amide bonds. The van der Waals surface area contributed by atoms with Gasteiger partial charge in [-0.15, -0.1) is 0 Å². The lowest BCUT2D eigenvalue weighted by Gasteiger charge is -2.27. The predicted molar refractivity (Wildman–Crippen MR) is 76.4 cm³/mol. The summed E-state index contributed by atoms with van der Waals surface area (Å²) in [5.41, 5.74) is 1.77. The Bertz CT molecular complexity index is 450. The molecule has 2 heterocycles. The number of nitrogens with zero attached hydrogens (tertiary/aromatic N) is 3. The van der Waals surface area contributed by atoms with Crippen molar-refractivity contribution in [3.8, 4) is 0 Å². The summed E-state index contributed by atoms with van der Waals surface area (Å²) in [4.78, 5) is 14.6. The van der Waals surface area contributed by atoms with E-state index < -0.39 is 0 Å². The van der Waals surface area contributed by atoms with Crippen molar-refractivity contribution in [3.05, 3.63) is 17.5 Å². The largest absolute Gasteiger partial charge is 0.339 e. The summed E-state index contributed by atoms with van der Waals surface area (Å²) in [6, 6.07) is 0. The SMILES string of the molecule is CCc1c(C(=O)N2CCCCC2)cnn1C(C)(C)C. The van der Waals surface area contributed by atoms with Gasteiger partial charge in [-0.3, -0.25) is 9.48 Å².